The molecule has 10 heteroatoms. The first-order valence-electron chi connectivity index (χ1n) is 9.95. The molecule has 0 aromatic carbocycles. The second-order valence-corrected chi connectivity index (χ2v) is 7.50. The standard InChI is InChI=1S/C19H24N2O3.C2HF3O2/c1-14-6-7-16(24-14)11-21-12-18(19-17(21)5-3-9-22-19)23-13-15-4-2-8-20-10-15;3-2(4,5)1(6)7/h2,4,6-8,10,17-19H,3,5,9,11-13H2,1H3;(H,6,7)/t17-,18-,19+;/m1./s1. The number of fused-ring (bicyclic) bond motifs is 1. The summed E-state index contributed by atoms with van der Waals surface area (Å²) >= 11 is 0. The molecule has 3 atom stereocenters. The van der Waals surface area contributed by atoms with Crippen molar-refractivity contribution in [1.82, 2.24) is 9.88 Å². The lowest BCUT2D eigenvalue weighted by Crippen LogP contribution is -2.41. The van der Waals surface area contributed by atoms with Gasteiger partial charge in [0, 0.05) is 31.6 Å². The number of hydrogen-bond donors (Lipinski definition) is 1. The number of carbonyl (C=O) groups is 1. The molecular weight excluding hydrogens is 417 g/mol. The summed E-state index contributed by atoms with van der Waals surface area (Å²) in [5.41, 5.74) is 1.10. The lowest BCUT2D eigenvalue weighted by atomic mass is 10.0. The predicted molar refractivity (Wildman–Crippen MR) is 103 cm³/mol. The summed E-state index contributed by atoms with van der Waals surface area (Å²) in [5.74, 6) is -0.776. The monoisotopic (exact) mass is 442 g/mol. The highest BCUT2D eigenvalue weighted by atomic mass is 19.4. The molecule has 0 amide bonds. The number of carboxylic acid groups (broad SMARTS) is 1. The largest absolute Gasteiger partial charge is 0.490 e. The molecule has 31 heavy (non-hydrogen) atoms. The molecule has 0 aliphatic carbocycles. The number of aliphatic carboxylic acids is 1. The van der Waals surface area contributed by atoms with Gasteiger partial charge in [0.25, 0.3) is 0 Å². The van der Waals surface area contributed by atoms with Gasteiger partial charge < -0.3 is 19.0 Å². The molecule has 0 unspecified atom stereocenters. The zero-order valence-corrected chi connectivity index (χ0v) is 17.0. The molecule has 2 aliphatic rings. The van der Waals surface area contributed by atoms with Crippen LogP contribution in [0.25, 0.3) is 0 Å². The summed E-state index contributed by atoms with van der Waals surface area (Å²) in [6.45, 7) is 5.11. The molecule has 4 rings (SSSR count). The smallest absolute Gasteiger partial charge is 0.475 e. The predicted octanol–water partition coefficient (Wildman–Crippen LogP) is 3.56. The normalized spacial score (nSPS) is 23.7. The van der Waals surface area contributed by atoms with Crippen LogP contribution in [0, 0.1) is 6.92 Å². The van der Waals surface area contributed by atoms with Gasteiger partial charge in [-0.3, -0.25) is 9.88 Å². The Morgan fingerprint density at radius 3 is 2.74 bits per heavy atom. The topological polar surface area (TPSA) is 85.0 Å². The molecule has 0 bridgehead atoms. The highest BCUT2D eigenvalue weighted by molar-refractivity contribution is 5.73. The first-order valence-corrected chi connectivity index (χ1v) is 9.95. The third-order valence-corrected chi connectivity index (χ3v) is 5.17. The number of pyridine rings is 1. The minimum atomic E-state index is -5.08. The van der Waals surface area contributed by atoms with Gasteiger partial charge in [0.05, 0.1) is 19.3 Å². The third kappa shape index (κ3) is 6.52. The van der Waals surface area contributed by atoms with Crippen LogP contribution in [0.5, 0.6) is 0 Å². The molecule has 2 saturated heterocycles. The average molecular weight is 442 g/mol. The van der Waals surface area contributed by atoms with Crippen LogP contribution in [-0.4, -0.2) is 58.5 Å². The van der Waals surface area contributed by atoms with E-state index < -0.39 is 12.1 Å². The molecule has 2 aromatic heterocycles. The number of furan rings is 1. The van der Waals surface area contributed by atoms with Crippen LogP contribution in [0.3, 0.4) is 0 Å². The van der Waals surface area contributed by atoms with Gasteiger partial charge in [-0.25, -0.2) is 4.79 Å². The van der Waals surface area contributed by atoms with Crippen molar-refractivity contribution in [2.75, 3.05) is 13.2 Å². The van der Waals surface area contributed by atoms with E-state index in [4.69, 9.17) is 23.8 Å². The van der Waals surface area contributed by atoms with Crippen LogP contribution in [0.15, 0.2) is 41.1 Å². The van der Waals surface area contributed by atoms with E-state index in [1.54, 1.807) is 6.20 Å². The summed E-state index contributed by atoms with van der Waals surface area (Å²) in [6.07, 6.45) is 1.10. The first-order chi connectivity index (χ1) is 14.7. The Bertz CT molecular complexity index is 843. The van der Waals surface area contributed by atoms with Crippen LogP contribution >= 0.6 is 0 Å². The summed E-state index contributed by atoms with van der Waals surface area (Å²) in [7, 11) is 0. The SMILES string of the molecule is Cc1ccc(CN2C[C@@H](OCc3cccnc3)[C@H]3OCCC[C@H]32)o1.O=C(O)C(F)(F)F. The molecule has 4 heterocycles. The molecule has 2 fully saturated rings. The van der Waals surface area contributed by atoms with E-state index >= 15 is 0 Å². The van der Waals surface area contributed by atoms with Gasteiger partial charge in [-0.2, -0.15) is 13.2 Å². The van der Waals surface area contributed by atoms with Crippen molar-refractivity contribution in [1.29, 1.82) is 0 Å². The number of halogens is 3. The zero-order valence-electron chi connectivity index (χ0n) is 17.0. The van der Waals surface area contributed by atoms with E-state index in [9.17, 15) is 13.2 Å². The lowest BCUT2D eigenvalue weighted by Gasteiger charge is -2.32. The van der Waals surface area contributed by atoms with Crippen molar-refractivity contribution in [2.45, 2.75) is 57.3 Å². The third-order valence-electron chi connectivity index (χ3n) is 5.17. The first kappa shape index (κ1) is 23.2. The minimum Gasteiger partial charge on any atom is -0.475 e. The zero-order chi connectivity index (χ0) is 22.4. The van der Waals surface area contributed by atoms with E-state index in [1.165, 1.54) is 0 Å². The Labute approximate surface area is 177 Å². The van der Waals surface area contributed by atoms with Gasteiger partial charge in [-0.15, -0.1) is 0 Å². The van der Waals surface area contributed by atoms with Crippen LogP contribution in [0.2, 0.25) is 0 Å². The van der Waals surface area contributed by atoms with E-state index in [1.807, 2.05) is 31.3 Å². The number of alkyl halides is 3. The maximum absolute atomic E-state index is 10.6. The van der Waals surface area contributed by atoms with Gasteiger partial charge in [-0.1, -0.05) is 6.07 Å². The highest BCUT2D eigenvalue weighted by Crippen LogP contribution is 2.32. The second-order valence-electron chi connectivity index (χ2n) is 7.50. The summed E-state index contributed by atoms with van der Waals surface area (Å²) < 4.78 is 49.8. The molecule has 2 aromatic rings. The van der Waals surface area contributed by atoms with E-state index in [0.717, 1.165) is 49.6 Å². The Balaban J connectivity index is 0.000000339. The number of carboxylic acids is 1. The van der Waals surface area contributed by atoms with E-state index in [-0.39, 0.29) is 12.2 Å². The number of likely N-dealkylation sites (tertiary alicyclic amines) is 1. The van der Waals surface area contributed by atoms with Crippen LogP contribution < -0.4 is 0 Å². The quantitative estimate of drug-likeness (QED) is 0.758. The fourth-order valence-electron chi connectivity index (χ4n) is 3.79. The van der Waals surface area contributed by atoms with Gasteiger partial charge in [0.1, 0.15) is 17.6 Å². The van der Waals surface area contributed by atoms with Crippen molar-refractivity contribution in [2.24, 2.45) is 0 Å². The van der Waals surface area contributed by atoms with Crippen molar-refractivity contribution in [3.05, 3.63) is 53.7 Å². The fourth-order valence-corrected chi connectivity index (χ4v) is 3.79. The van der Waals surface area contributed by atoms with Crippen molar-refractivity contribution < 1.29 is 37.0 Å². The maximum Gasteiger partial charge on any atom is 0.490 e. The van der Waals surface area contributed by atoms with Gasteiger partial charge in [-0.05, 0) is 43.5 Å². The number of aromatic nitrogens is 1. The van der Waals surface area contributed by atoms with E-state index in [2.05, 4.69) is 16.0 Å². The number of hydrogen-bond acceptors (Lipinski definition) is 6. The minimum absolute atomic E-state index is 0.103. The van der Waals surface area contributed by atoms with Gasteiger partial charge in [0.15, 0.2) is 0 Å². The van der Waals surface area contributed by atoms with Crippen LogP contribution in [-0.2, 0) is 27.4 Å². The Morgan fingerprint density at radius 1 is 1.35 bits per heavy atom. The average Bonchev–Trinajstić information content (AvgIpc) is 3.31. The number of aryl methyl sites for hydroxylation is 1. The fraction of sp³-hybridized carbons (Fsp3) is 0.524. The van der Waals surface area contributed by atoms with Crippen LogP contribution in [0.4, 0.5) is 13.2 Å². The number of ether oxygens (including phenoxy) is 2. The lowest BCUT2D eigenvalue weighted by molar-refractivity contribution is -0.192. The summed E-state index contributed by atoms with van der Waals surface area (Å²) in [4.78, 5) is 15.5. The summed E-state index contributed by atoms with van der Waals surface area (Å²) in [5, 5.41) is 7.12. The Hall–Kier alpha value is -2.43. The second kappa shape index (κ2) is 10.3. The van der Waals surface area contributed by atoms with Gasteiger partial charge in [0.2, 0.25) is 0 Å². The number of nitrogens with zero attached hydrogens (tertiary/aromatic N) is 2. The molecular formula is C21H25F3N2O5. The maximum atomic E-state index is 10.6. The molecule has 0 radical (unpaired) electrons. The number of rotatable bonds is 5. The molecule has 2 aliphatic heterocycles. The molecule has 0 saturated carbocycles. The van der Waals surface area contributed by atoms with Crippen molar-refractivity contribution >= 4 is 5.97 Å². The van der Waals surface area contributed by atoms with Gasteiger partial charge >= 0.3 is 12.1 Å². The van der Waals surface area contributed by atoms with Crippen molar-refractivity contribution in [3.63, 3.8) is 0 Å². The molecule has 1 N–H and O–H groups in total. The van der Waals surface area contributed by atoms with Crippen molar-refractivity contribution in [3.8, 4) is 0 Å². The molecule has 170 valence electrons. The van der Waals surface area contributed by atoms with Crippen LogP contribution in [0.1, 0.15) is 29.9 Å². The highest BCUT2D eigenvalue weighted by Gasteiger charge is 2.44. The molecule has 0 spiro atoms. The van der Waals surface area contributed by atoms with E-state index in [0.29, 0.717) is 12.6 Å². The molecule has 7 nitrogen and oxygen atoms in total. The summed E-state index contributed by atoms with van der Waals surface area (Å²) in [6, 6.07) is 8.50. The Kier molecular flexibility index (Phi) is 7.69. The Morgan fingerprint density at radius 2 is 2.13 bits per heavy atom.